The quantitative estimate of drug-likeness (QED) is 0.781. The van der Waals surface area contributed by atoms with Crippen LogP contribution in [0.1, 0.15) is 4.88 Å². The molecule has 5 nitrogen and oxygen atoms in total. The largest absolute Gasteiger partial charge is 0.330 e. The number of rotatable bonds is 6. The fourth-order valence-corrected chi connectivity index (χ4v) is 2.51. The SMILES string of the molecule is Cn1ccc(=O)n(CCNCCc2cccs2)c1=O. The van der Waals surface area contributed by atoms with Gasteiger partial charge in [0, 0.05) is 43.8 Å². The molecule has 0 fully saturated rings. The van der Waals surface area contributed by atoms with Gasteiger partial charge >= 0.3 is 5.69 Å². The first-order valence-electron chi connectivity index (χ1n) is 6.18. The Hall–Kier alpha value is -1.66. The zero-order valence-corrected chi connectivity index (χ0v) is 11.7. The van der Waals surface area contributed by atoms with Crippen molar-refractivity contribution in [1.82, 2.24) is 14.5 Å². The Bertz CT molecular complexity index is 628. The number of nitrogens with one attached hydrogen (secondary N) is 1. The van der Waals surface area contributed by atoms with Crippen molar-refractivity contribution in [3.05, 3.63) is 55.5 Å². The normalized spacial score (nSPS) is 10.8. The average Bonchev–Trinajstić information content (AvgIpc) is 2.90. The van der Waals surface area contributed by atoms with Crippen molar-refractivity contribution in [2.75, 3.05) is 13.1 Å². The molecule has 2 aromatic heterocycles. The maximum Gasteiger partial charge on any atom is 0.330 e. The van der Waals surface area contributed by atoms with Crippen molar-refractivity contribution in [2.24, 2.45) is 7.05 Å². The van der Waals surface area contributed by atoms with Crippen molar-refractivity contribution in [3.8, 4) is 0 Å². The molecule has 1 N–H and O–H groups in total. The summed E-state index contributed by atoms with van der Waals surface area (Å²) < 4.78 is 2.66. The number of aromatic nitrogens is 2. The van der Waals surface area contributed by atoms with Crippen LogP contribution < -0.4 is 16.6 Å². The molecule has 0 saturated heterocycles. The van der Waals surface area contributed by atoms with Gasteiger partial charge in [-0.3, -0.25) is 9.36 Å². The molecule has 0 radical (unpaired) electrons. The first kappa shape index (κ1) is 13.8. The van der Waals surface area contributed by atoms with Crippen LogP contribution in [0.3, 0.4) is 0 Å². The molecule has 19 heavy (non-hydrogen) atoms. The third-order valence-corrected chi connectivity index (χ3v) is 3.82. The van der Waals surface area contributed by atoms with Crippen LogP contribution in [0, 0.1) is 0 Å². The van der Waals surface area contributed by atoms with E-state index in [1.165, 1.54) is 26.3 Å². The van der Waals surface area contributed by atoms with E-state index in [0.29, 0.717) is 13.1 Å². The summed E-state index contributed by atoms with van der Waals surface area (Å²) in [5, 5.41) is 5.30. The van der Waals surface area contributed by atoms with Gasteiger partial charge in [0.15, 0.2) is 0 Å². The highest BCUT2D eigenvalue weighted by Crippen LogP contribution is 2.07. The van der Waals surface area contributed by atoms with Crippen molar-refractivity contribution in [2.45, 2.75) is 13.0 Å². The third kappa shape index (κ3) is 3.65. The lowest BCUT2D eigenvalue weighted by Gasteiger charge is -2.07. The molecule has 2 rings (SSSR count). The second kappa shape index (κ2) is 6.49. The molecule has 0 aliphatic carbocycles. The van der Waals surface area contributed by atoms with Crippen LogP contribution in [0.2, 0.25) is 0 Å². The minimum atomic E-state index is -0.271. The summed E-state index contributed by atoms with van der Waals surface area (Å²) in [5.41, 5.74) is -0.518. The van der Waals surface area contributed by atoms with Crippen LogP contribution in [0.15, 0.2) is 39.4 Å². The standard InChI is InChI=1S/C13H17N3O2S/c1-15-8-5-12(17)16(13(15)18)9-7-14-6-4-11-3-2-10-19-11/h2-3,5,8,10,14H,4,6-7,9H2,1H3. The monoisotopic (exact) mass is 279 g/mol. The molecule has 2 aromatic rings. The molecule has 0 spiro atoms. The number of nitrogens with zero attached hydrogens (tertiary/aromatic N) is 2. The Kier molecular flexibility index (Phi) is 4.70. The number of hydrogen-bond acceptors (Lipinski definition) is 4. The fraction of sp³-hybridized carbons (Fsp3) is 0.385. The summed E-state index contributed by atoms with van der Waals surface area (Å²) in [6, 6.07) is 5.55. The van der Waals surface area contributed by atoms with Crippen molar-refractivity contribution >= 4 is 11.3 Å². The highest BCUT2D eigenvalue weighted by molar-refractivity contribution is 7.09. The Labute approximate surface area is 115 Å². The van der Waals surface area contributed by atoms with E-state index in [-0.39, 0.29) is 11.2 Å². The van der Waals surface area contributed by atoms with Gasteiger partial charge in [0.1, 0.15) is 0 Å². The van der Waals surface area contributed by atoms with Crippen LogP contribution >= 0.6 is 11.3 Å². The Morgan fingerprint density at radius 2 is 2.11 bits per heavy atom. The van der Waals surface area contributed by atoms with E-state index in [1.54, 1.807) is 18.4 Å². The van der Waals surface area contributed by atoms with Crippen LogP contribution in [-0.4, -0.2) is 22.2 Å². The zero-order valence-electron chi connectivity index (χ0n) is 10.8. The zero-order chi connectivity index (χ0) is 13.7. The van der Waals surface area contributed by atoms with Crippen LogP contribution in [0.25, 0.3) is 0 Å². The molecule has 0 bridgehead atoms. The Morgan fingerprint density at radius 3 is 2.84 bits per heavy atom. The van der Waals surface area contributed by atoms with Gasteiger partial charge in [0.05, 0.1) is 0 Å². The predicted molar refractivity (Wildman–Crippen MR) is 76.8 cm³/mol. The molecule has 0 aromatic carbocycles. The maximum atomic E-state index is 11.7. The first-order valence-corrected chi connectivity index (χ1v) is 7.06. The van der Waals surface area contributed by atoms with Gasteiger partial charge in [-0.1, -0.05) is 6.07 Å². The second-order valence-corrected chi connectivity index (χ2v) is 5.31. The van der Waals surface area contributed by atoms with Gasteiger partial charge in [-0.15, -0.1) is 11.3 Å². The molecular formula is C13H17N3O2S. The van der Waals surface area contributed by atoms with Crippen molar-refractivity contribution in [1.29, 1.82) is 0 Å². The van der Waals surface area contributed by atoms with E-state index in [0.717, 1.165) is 13.0 Å². The van der Waals surface area contributed by atoms with E-state index in [9.17, 15) is 9.59 Å². The van der Waals surface area contributed by atoms with E-state index in [4.69, 9.17) is 0 Å². The molecule has 0 atom stereocenters. The summed E-state index contributed by atoms with van der Waals surface area (Å²) in [4.78, 5) is 24.6. The van der Waals surface area contributed by atoms with Crippen LogP contribution in [0.4, 0.5) is 0 Å². The molecule has 0 saturated carbocycles. The van der Waals surface area contributed by atoms with Gasteiger partial charge in [-0.25, -0.2) is 4.79 Å². The smallest absolute Gasteiger partial charge is 0.315 e. The number of thiophene rings is 1. The molecule has 2 heterocycles. The first-order chi connectivity index (χ1) is 9.18. The summed E-state index contributed by atoms with van der Waals surface area (Å²) in [6.07, 6.45) is 2.46. The topological polar surface area (TPSA) is 56.0 Å². The predicted octanol–water partition coefficient (Wildman–Crippen LogP) is 0.441. The maximum absolute atomic E-state index is 11.7. The number of aryl methyl sites for hydroxylation is 1. The van der Waals surface area contributed by atoms with Crippen LogP contribution in [-0.2, 0) is 20.0 Å². The molecule has 0 aliphatic heterocycles. The lowest BCUT2D eigenvalue weighted by Crippen LogP contribution is -2.40. The Morgan fingerprint density at radius 1 is 1.26 bits per heavy atom. The van der Waals surface area contributed by atoms with E-state index in [1.807, 2.05) is 6.07 Å². The molecule has 0 unspecified atom stereocenters. The lowest BCUT2D eigenvalue weighted by molar-refractivity contribution is 0.547. The van der Waals surface area contributed by atoms with Gasteiger partial charge < -0.3 is 9.88 Å². The second-order valence-electron chi connectivity index (χ2n) is 4.28. The summed E-state index contributed by atoms with van der Waals surface area (Å²) in [5.74, 6) is 0. The third-order valence-electron chi connectivity index (χ3n) is 2.88. The lowest BCUT2D eigenvalue weighted by atomic mass is 10.3. The van der Waals surface area contributed by atoms with Gasteiger partial charge in [0.25, 0.3) is 5.56 Å². The fourth-order valence-electron chi connectivity index (χ4n) is 1.80. The summed E-state index contributed by atoms with van der Waals surface area (Å²) >= 11 is 1.74. The van der Waals surface area contributed by atoms with E-state index < -0.39 is 0 Å². The van der Waals surface area contributed by atoms with Crippen molar-refractivity contribution in [3.63, 3.8) is 0 Å². The van der Waals surface area contributed by atoms with E-state index in [2.05, 4.69) is 16.8 Å². The van der Waals surface area contributed by atoms with Gasteiger partial charge in [-0.2, -0.15) is 0 Å². The summed E-state index contributed by atoms with van der Waals surface area (Å²) in [6.45, 7) is 1.86. The molecule has 0 aliphatic rings. The highest BCUT2D eigenvalue weighted by Gasteiger charge is 2.02. The number of hydrogen-bond donors (Lipinski definition) is 1. The molecular weight excluding hydrogens is 262 g/mol. The van der Waals surface area contributed by atoms with Crippen LogP contribution in [0.5, 0.6) is 0 Å². The van der Waals surface area contributed by atoms with Gasteiger partial charge in [0.2, 0.25) is 0 Å². The Balaban J connectivity index is 1.82. The van der Waals surface area contributed by atoms with E-state index >= 15 is 0 Å². The molecule has 0 amide bonds. The molecule has 102 valence electrons. The average molecular weight is 279 g/mol. The van der Waals surface area contributed by atoms with Crippen molar-refractivity contribution < 1.29 is 0 Å². The molecule has 6 heteroatoms. The highest BCUT2D eigenvalue weighted by atomic mass is 32.1. The minimum Gasteiger partial charge on any atom is -0.315 e. The minimum absolute atomic E-state index is 0.247. The van der Waals surface area contributed by atoms with Gasteiger partial charge in [-0.05, 0) is 17.9 Å². The summed E-state index contributed by atoms with van der Waals surface area (Å²) in [7, 11) is 1.64.